The third kappa shape index (κ3) is 9.38. The van der Waals surface area contributed by atoms with Crippen LogP contribution >= 0.6 is 0 Å². The van der Waals surface area contributed by atoms with Gasteiger partial charge in [0, 0.05) is 55.1 Å². The van der Waals surface area contributed by atoms with Gasteiger partial charge in [0.05, 0.1) is 0 Å². The van der Waals surface area contributed by atoms with Crippen molar-refractivity contribution in [1.82, 2.24) is 10.6 Å². The molecule has 0 radical (unpaired) electrons. The molecule has 174 valence electrons. The van der Waals surface area contributed by atoms with E-state index in [1.807, 2.05) is 41.5 Å². The van der Waals surface area contributed by atoms with E-state index in [2.05, 4.69) is 10.6 Å². The molecule has 0 aromatic carbocycles. The van der Waals surface area contributed by atoms with Gasteiger partial charge in [-0.3, -0.25) is 14.4 Å². The number of Topliss-reactive ketones (excluding diaryl/α,β-unsaturated/α-hetero) is 3. The number of rotatable bonds is 6. The largest absolute Gasteiger partial charge is 0.316 e. The normalized spacial score (nSPS) is 22.1. The van der Waals surface area contributed by atoms with Gasteiger partial charge in [-0.1, -0.05) is 60.8 Å². The Morgan fingerprint density at radius 1 is 0.567 bits per heavy atom. The van der Waals surface area contributed by atoms with Gasteiger partial charge in [0.2, 0.25) is 0 Å². The minimum Gasteiger partial charge on any atom is -0.316 e. The van der Waals surface area contributed by atoms with Crippen molar-refractivity contribution >= 4 is 17.3 Å². The Hall–Kier alpha value is -1.07. The smallest absolute Gasteiger partial charge is 0.141 e. The number of nitrogens with one attached hydrogen (secondary N) is 2. The molecule has 5 heteroatoms. The maximum absolute atomic E-state index is 11.5. The summed E-state index contributed by atoms with van der Waals surface area (Å²) in [6.45, 7) is 15.6. The molecular formula is C25H46N2O3. The molecule has 0 bridgehead atoms. The second-order valence-electron chi connectivity index (χ2n) is 10.1. The van der Waals surface area contributed by atoms with E-state index >= 15 is 0 Å². The highest BCUT2D eigenvalue weighted by Crippen LogP contribution is 2.26. The van der Waals surface area contributed by atoms with E-state index in [1.54, 1.807) is 0 Å². The zero-order valence-electron chi connectivity index (χ0n) is 20.3. The molecule has 2 saturated heterocycles. The van der Waals surface area contributed by atoms with Crippen LogP contribution in [-0.4, -0.2) is 43.5 Å². The third-order valence-electron chi connectivity index (χ3n) is 6.36. The van der Waals surface area contributed by atoms with Crippen molar-refractivity contribution in [2.45, 2.75) is 80.1 Å². The monoisotopic (exact) mass is 422 g/mol. The lowest BCUT2D eigenvalue weighted by Crippen LogP contribution is -2.47. The van der Waals surface area contributed by atoms with E-state index in [1.165, 1.54) is 19.3 Å². The van der Waals surface area contributed by atoms with Gasteiger partial charge in [-0.2, -0.15) is 0 Å². The predicted molar refractivity (Wildman–Crippen MR) is 123 cm³/mol. The van der Waals surface area contributed by atoms with Gasteiger partial charge in [-0.25, -0.2) is 0 Å². The molecule has 3 rings (SSSR count). The first kappa shape index (κ1) is 27.0. The van der Waals surface area contributed by atoms with Gasteiger partial charge in [0.1, 0.15) is 17.3 Å². The fourth-order valence-corrected chi connectivity index (χ4v) is 4.19. The van der Waals surface area contributed by atoms with E-state index < -0.39 is 0 Å². The van der Waals surface area contributed by atoms with Crippen LogP contribution in [0.3, 0.4) is 0 Å². The molecule has 5 nitrogen and oxygen atoms in total. The van der Waals surface area contributed by atoms with Gasteiger partial charge >= 0.3 is 0 Å². The Labute approximate surface area is 184 Å². The molecule has 3 aliphatic rings. The Balaban J connectivity index is 0.000000226. The molecule has 30 heavy (non-hydrogen) atoms. The molecule has 2 N–H and O–H groups in total. The summed E-state index contributed by atoms with van der Waals surface area (Å²) in [7, 11) is 0. The Morgan fingerprint density at radius 3 is 1.33 bits per heavy atom. The quantitative estimate of drug-likeness (QED) is 0.675. The molecule has 1 aliphatic carbocycles. The predicted octanol–water partition coefficient (Wildman–Crippen LogP) is 4.04. The first-order chi connectivity index (χ1) is 14.1. The molecule has 3 fully saturated rings. The van der Waals surface area contributed by atoms with Crippen molar-refractivity contribution < 1.29 is 14.4 Å². The molecule has 0 spiro atoms. The summed E-state index contributed by atoms with van der Waals surface area (Å²) in [5.74, 6) is 3.04. The summed E-state index contributed by atoms with van der Waals surface area (Å²) in [5.41, 5.74) is 0. The topological polar surface area (TPSA) is 75.3 Å². The molecule has 2 heterocycles. The zero-order valence-corrected chi connectivity index (χ0v) is 20.3. The van der Waals surface area contributed by atoms with E-state index in [0.717, 1.165) is 45.4 Å². The molecule has 0 amide bonds. The lowest BCUT2D eigenvalue weighted by molar-refractivity contribution is -0.127. The Bertz CT molecular complexity index is 527. The summed E-state index contributed by atoms with van der Waals surface area (Å²) in [6, 6.07) is 0. The molecule has 2 aliphatic heterocycles. The van der Waals surface area contributed by atoms with Crippen LogP contribution < -0.4 is 10.6 Å². The average molecular weight is 423 g/mol. The summed E-state index contributed by atoms with van der Waals surface area (Å²) in [5, 5.41) is 6.26. The highest BCUT2D eigenvalue weighted by atomic mass is 16.1. The first-order valence-electron chi connectivity index (χ1n) is 12.2. The summed E-state index contributed by atoms with van der Waals surface area (Å²) in [6.07, 6.45) is 7.21. The van der Waals surface area contributed by atoms with Gasteiger partial charge in [-0.05, 0) is 25.8 Å². The van der Waals surface area contributed by atoms with Crippen LogP contribution in [0.15, 0.2) is 0 Å². The second kappa shape index (κ2) is 14.1. The highest BCUT2D eigenvalue weighted by Gasteiger charge is 2.26. The maximum atomic E-state index is 11.5. The van der Waals surface area contributed by atoms with E-state index in [0.29, 0.717) is 35.1 Å². The molecule has 0 aromatic rings. The highest BCUT2D eigenvalue weighted by molar-refractivity contribution is 5.84. The maximum Gasteiger partial charge on any atom is 0.141 e. The first-order valence-corrected chi connectivity index (χ1v) is 12.2. The third-order valence-corrected chi connectivity index (χ3v) is 6.36. The number of hydrogen-bond acceptors (Lipinski definition) is 5. The lowest BCUT2D eigenvalue weighted by atomic mass is 9.83. The SMILES string of the molecule is CC(C)C(=O)C1CCCCC1.CC(C)C(=O)C1CCNC1.CC(C)C(=O)C1CNC1. The van der Waals surface area contributed by atoms with E-state index in [9.17, 15) is 14.4 Å². The van der Waals surface area contributed by atoms with Crippen molar-refractivity contribution in [2.75, 3.05) is 26.2 Å². The molecule has 1 unspecified atom stereocenters. The van der Waals surface area contributed by atoms with Crippen molar-refractivity contribution in [3.05, 3.63) is 0 Å². The van der Waals surface area contributed by atoms with Crippen LogP contribution in [0.2, 0.25) is 0 Å². The fraction of sp³-hybridized carbons (Fsp3) is 0.880. The van der Waals surface area contributed by atoms with Crippen LogP contribution in [0.25, 0.3) is 0 Å². The van der Waals surface area contributed by atoms with Crippen LogP contribution in [0, 0.1) is 35.5 Å². The van der Waals surface area contributed by atoms with Crippen molar-refractivity contribution in [3.8, 4) is 0 Å². The average Bonchev–Trinajstić information content (AvgIpc) is 3.21. The van der Waals surface area contributed by atoms with Crippen LogP contribution in [-0.2, 0) is 14.4 Å². The van der Waals surface area contributed by atoms with Crippen molar-refractivity contribution in [2.24, 2.45) is 35.5 Å². The minimum absolute atomic E-state index is 0.213. The number of ketones is 3. The van der Waals surface area contributed by atoms with Gasteiger partial charge < -0.3 is 10.6 Å². The molecule has 1 atom stereocenters. The molecule has 0 aromatic heterocycles. The summed E-state index contributed by atoms with van der Waals surface area (Å²) in [4.78, 5) is 33.9. The van der Waals surface area contributed by atoms with Crippen LogP contribution in [0.5, 0.6) is 0 Å². The van der Waals surface area contributed by atoms with Gasteiger partial charge in [0.15, 0.2) is 0 Å². The number of carbonyl (C=O) groups excluding carboxylic acids is 3. The van der Waals surface area contributed by atoms with Crippen molar-refractivity contribution in [3.63, 3.8) is 0 Å². The zero-order chi connectivity index (χ0) is 22.7. The van der Waals surface area contributed by atoms with Crippen molar-refractivity contribution in [1.29, 1.82) is 0 Å². The minimum atomic E-state index is 0.213. The van der Waals surface area contributed by atoms with Gasteiger partial charge in [-0.15, -0.1) is 0 Å². The Kier molecular flexibility index (Phi) is 12.7. The van der Waals surface area contributed by atoms with E-state index in [-0.39, 0.29) is 17.8 Å². The second-order valence-corrected chi connectivity index (χ2v) is 10.1. The number of hydrogen-bond donors (Lipinski definition) is 2. The summed E-state index contributed by atoms with van der Waals surface area (Å²) < 4.78 is 0. The van der Waals surface area contributed by atoms with Gasteiger partial charge in [0.25, 0.3) is 0 Å². The molecular weight excluding hydrogens is 376 g/mol. The lowest BCUT2D eigenvalue weighted by Gasteiger charge is -2.26. The standard InChI is InChI=1S/C10H18O.C8H15NO.C7H13NO/c1-8(2)10(11)9-6-4-3-5-7-9;1-6(2)8(10)7-3-4-9-5-7;1-5(2)7(9)6-3-8-4-6/h8-9H,3-7H2,1-2H3;6-7,9H,3-5H2,1-2H3;5-6,8H,3-4H2,1-2H3. The fourth-order valence-electron chi connectivity index (χ4n) is 4.19. The molecule has 1 saturated carbocycles. The Morgan fingerprint density at radius 2 is 1.00 bits per heavy atom. The van der Waals surface area contributed by atoms with Crippen LogP contribution in [0.1, 0.15) is 80.1 Å². The number of carbonyl (C=O) groups is 3. The van der Waals surface area contributed by atoms with E-state index in [4.69, 9.17) is 0 Å². The van der Waals surface area contributed by atoms with Crippen LogP contribution in [0.4, 0.5) is 0 Å². The summed E-state index contributed by atoms with van der Waals surface area (Å²) >= 11 is 0.